The number of nitrogens with one attached hydrogen (secondary N) is 2. The van der Waals surface area contributed by atoms with Crippen LogP contribution >= 0.6 is 0 Å². The van der Waals surface area contributed by atoms with Crippen molar-refractivity contribution in [3.63, 3.8) is 0 Å². The molecule has 1 amide bonds. The zero-order chi connectivity index (χ0) is 119. The number of nitriles is 3. The van der Waals surface area contributed by atoms with E-state index in [2.05, 4.69) is 181 Å². The Morgan fingerprint density at radius 2 is 0.858 bits per heavy atom. The smallest absolute Gasteiger partial charge is 0.391 e. The van der Waals surface area contributed by atoms with E-state index in [9.17, 15) is 96.0 Å². The van der Waals surface area contributed by atoms with Crippen LogP contribution in [0.15, 0.2) is 0 Å². The third kappa shape index (κ3) is 109. The number of piperidine rings is 1. The number of aliphatic hydroxyl groups is 2. The summed E-state index contributed by atoms with van der Waals surface area (Å²) >= 11 is 0. The Morgan fingerprint density at radius 1 is 0.493 bits per heavy atom. The summed E-state index contributed by atoms with van der Waals surface area (Å²) in [6.45, 7) is 86.6. The number of ketones is 2. The van der Waals surface area contributed by atoms with Gasteiger partial charge in [0.1, 0.15) is 47.5 Å². The minimum atomic E-state index is -4.22. The minimum absolute atomic E-state index is 0.00463. The molecule has 0 radical (unpaired) electrons. The van der Waals surface area contributed by atoms with Gasteiger partial charge in [0.25, 0.3) is 0 Å². The van der Waals surface area contributed by atoms with E-state index in [-0.39, 0.29) is 94.2 Å². The second-order valence-electron chi connectivity index (χ2n) is 47.2. The van der Waals surface area contributed by atoms with Gasteiger partial charge >= 0.3 is 18.5 Å². The SMILES string of the molecule is CC(C)(C)C(C(=O)CCC(F)(F)F)C1CC1.CC(C)(C)C(CCS(C)(=O)=O)C1COC1.CC(C)C#N.CC(C)C(=O)CCC(F)(F)F.CC(C)C(F)(F)F.CC(C)C1CCN(C)CC1.CC(C)C1COC1.CC(C)CC(C)CO.CC(C)N1CC(C#N)C1.CC(C)N1CCOCC1.CC(C)N1CCS(=O)(=O)CC1.CC(C)NC(=O)CC#N.CC(C)NS(C)(=O)=O.CC(C)O.CC(C)S(C)(=O)=O.CC(CCS(C)(=O)=O)C(C)(C)C. The van der Waals surface area contributed by atoms with Crippen LogP contribution in [0, 0.1) is 139 Å². The molecule has 0 aromatic heterocycles. The van der Waals surface area contributed by atoms with E-state index in [0.29, 0.717) is 96.3 Å². The van der Waals surface area contributed by atoms with Crippen molar-refractivity contribution in [2.24, 2.45) is 105 Å². The molecule has 7 fully saturated rings. The van der Waals surface area contributed by atoms with E-state index in [1.807, 2.05) is 54.5 Å². The van der Waals surface area contributed by atoms with Gasteiger partial charge in [-0.25, -0.2) is 46.8 Å². The number of rotatable bonds is 27. The summed E-state index contributed by atoms with van der Waals surface area (Å²) in [5.74, 6) is 5.89. The maximum atomic E-state index is 12.0. The molecule has 1 saturated carbocycles. The molecule has 0 bridgehead atoms. The number of nitrogens with zero attached hydrogens (tertiary/aromatic N) is 7. The first-order valence-corrected chi connectivity index (χ1v) is 62.6. The molecule has 148 heavy (non-hydrogen) atoms. The van der Waals surface area contributed by atoms with Crippen LogP contribution < -0.4 is 10.0 Å². The Morgan fingerprint density at radius 3 is 1.07 bits per heavy atom. The lowest BCUT2D eigenvalue weighted by Gasteiger charge is -2.41. The summed E-state index contributed by atoms with van der Waals surface area (Å²) in [4.78, 5) is 42.4. The van der Waals surface area contributed by atoms with Gasteiger partial charge in [0.05, 0.1) is 111 Å². The Kier molecular flexibility index (Phi) is 89.1. The molecule has 4 unspecified atom stereocenters. The first kappa shape index (κ1) is 162. The highest BCUT2D eigenvalue weighted by molar-refractivity contribution is 7.92. The summed E-state index contributed by atoms with van der Waals surface area (Å²) in [5.41, 5.74) is 0.160. The van der Waals surface area contributed by atoms with E-state index in [1.165, 1.54) is 44.7 Å². The molecule has 1 aliphatic carbocycles. The molecule has 7 aliphatic rings. The topological polar surface area (TPSA) is 398 Å². The van der Waals surface area contributed by atoms with Crippen molar-refractivity contribution in [1.82, 2.24) is 29.6 Å². The van der Waals surface area contributed by atoms with Gasteiger partial charge in [0.15, 0.2) is 9.84 Å². The summed E-state index contributed by atoms with van der Waals surface area (Å²) < 4.78 is 229. The number of Topliss-reactive ketones (excluding diaryl/α,β-unsaturated/α-hetero) is 2. The number of hydrogen-bond donors (Lipinski definition) is 4. The quantitative estimate of drug-likeness (QED) is 0.0555. The molecule has 0 aromatic carbocycles. The molecule has 27 nitrogen and oxygen atoms in total. The zero-order valence-corrected chi connectivity index (χ0v) is 104. The Hall–Kier alpha value is -4.00. The second-order valence-corrected chi connectivity index (χ2v) is 58.4. The maximum absolute atomic E-state index is 12.0. The third-order valence-corrected chi connectivity index (χ3v) is 30.2. The van der Waals surface area contributed by atoms with Crippen LogP contribution in [0.1, 0.15) is 333 Å². The lowest BCUT2D eigenvalue weighted by molar-refractivity contribution is -0.164. The van der Waals surface area contributed by atoms with Gasteiger partial charge in [-0.2, -0.15) is 55.3 Å². The van der Waals surface area contributed by atoms with E-state index in [1.54, 1.807) is 61.5 Å². The number of carbonyl (C=O) groups is 3. The lowest BCUT2D eigenvalue weighted by atomic mass is 9.71. The molecular weight excluding hydrogens is 2030 g/mol. The third-order valence-electron chi connectivity index (χ3n) is 24.0. The molecule has 4 atom stereocenters. The number of morpholine rings is 1. The molecule has 6 heterocycles. The normalized spacial score (nSPS) is 17.5. The molecule has 6 saturated heterocycles. The summed E-state index contributed by atoms with van der Waals surface area (Å²) in [7, 11) is -11.8. The number of carbonyl (C=O) groups excluding carboxylic acids is 3. The number of halogens is 9. The minimum Gasteiger partial charge on any atom is -0.396 e. The van der Waals surface area contributed by atoms with Crippen LogP contribution in [-0.2, 0) is 78.0 Å². The van der Waals surface area contributed by atoms with Gasteiger partial charge in [-0.05, 0) is 239 Å². The van der Waals surface area contributed by atoms with Gasteiger partial charge < -0.3 is 34.6 Å². The second kappa shape index (κ2) is 81.6. The average Bonchev–Trinajstić information content (AvgIpc) is 1.66. The van der Waals surface area contributed by atoms with Crippen LogP contribution in [0.3, 0.4) is 0 Å². The largest absolute Gasteiger partial charge is 0.396 e. The first-order chi connectivity index (χ1) is 66.5. The van der Waals surface area contributed by atoms with Gasteiger partial charge in [-0.3, -0.25) is 29.1 Å². The van der Waals surface area contributed by atoms with Crippen LogP contribution in [-0.4, -0.2) is 303 Å². The van der Waals surface area contributed by atoms with Crippen LogP contribution in [0.4, 0.5) is 39.5 Å². The highest BCUT2D eigenvalue weighted by Crippen LogP contribution is 2.47. The Labute approximate surface area is 897 Å². The molecule has 4 N–H and O–H groups in total. The predicted molar refractivity (Wildman–Crippen MR) is 590 cm³/mol. The Bertz CT molecular complexity index is 4090. The van der Waals surface area contributed by atoms with E-state index < -0.39 is 86.7 Å². The van der Waals surface area contributed by atoms with Gasteiger partial charge in [0, 0.05) is 149 Å². The number of ether oxygens (including phenoxy) is 3. The molecule has 888 valence electrons. The fourth-order valence-corrected chi connectivity index (χ4v) is 16.9. The maximum Gasteiger partial charge on any atom is 0.391 e. The molecular formula is C107H214F9N9O18S5. The highest BCUT2D eigenvalue weighted by Gasteiger charge is 2.44. The van der Waals surface area contributed by atoms with E-state index in [4.69, 9.17) is 40.2 Å². The predicted octanol–water partition coefficient (Wildman–Crippen LogP) is 21.6. The van der Waals surface area contributed by atoms with E-state index >= 15 is 0 Å². The zero-order valence-electron chi connectivity index (χ0n) is 99.6. The fourth-order valence-electron chi connectivity index (χ4n) is 13.3. The number of likely N-dealkylation sites (tertiary alicyclic amines) is 2. The van der Waals surface area contributed by atoms with Crippen LogP contribution in [0.5, 0.6) is 0 Å². The standard InChI is InChI=1S/C12H19F3O.C11H22O3S.C9H19N.C9H20O2S.C7H11F3O.C7H12N2.C7H15NO2S.C7H15NO.C7H16O.C6H10N2O.C6H12O.C4H7F3.C4H11NO2S.C4H7N.C4H10O2S.C3H8O/c1-11(2,3)10(8-4-5-8)9(16)6-7-12(13,14)15;1-11(2,3)10(9-7-14-8-9)5-6-15(4,12)13;1-8(2)9-4-6-10(3)7-5-9;1-8(9(2,3)4)6-7-12(5,10)11;1-5(2)6(11)3-4-7(8,9)10;1-6(2)9-4-7(3-8)5-9;1-7(2)8-3-5-11(9,10)6-4-8;1-7(2)8-3-5-9-6-4-8;1-6(2)4-7(3)5-8;1-5(2)8-6(9)3-4-7;1-5(2)6-3-7-4-6;1-3(2)4(5,6)7;1-4(2)5-8(3,6)7;1-4(2)3-5;1-4(2)7(3,5)6;1-3(2)4/h8,10H,4-7H2,1-3H3;9-10H,5-8H2,1-4H3;8-9H,4-7H2,1-3H3;8H,6-7H2,1-5H3;5H,3-4H2,1-2H3;6-7H,4-5H2,1-2H3;7H,3-6H2,1-2H3;7H,3-6H2,1-2H3;6-8H,4-5H2,1-3H3;5H,3H2,1-2H3,(H,8,9);5-6H,3-4H2,1-2H3;3H,1-2H3;4-5H,1-3H3;4H,1-2H3;4H,1-3H3;3-4H,1-2H3. The van der Waals surface area contributed by atoms with Crippen molar-refractivity contribution in [3.8, 4) is 18.2 Å². The van der Waals surface area contributed by atoms with Crippen molar-refractivity contribution in [2.45, 2.75) is 393 Å². The Balaban J connectivity index is -0.000000201. The number of sulfonamides is 1. The van der Waals surface area contributed by atoms with Crippen molar-refractivity contribution in [3.05, 3.63) is 0 Å². The van der Waals surface area contributed by atoms with Gasteiger partial charge in [0.2, 0.25) is 15.9 Å². The average molecular weight is 2250 g/mol. The molecule has 7 rings (SSSR count). The van der Waals surface area contributed by atoms with Crippen molar-refractivity contribution in [1.29, 1.82) is 15.8 Å². The van der Waals surface area contributed by atoms with Gasteiger partial charge in [-0.15, -0.1) is 0 Å². The fraction of sp³-hybridized carbons (Fsp3) is 0.944. The summed E-state index contributed by atoms with van der Waals surface area (Å²) in [6.07, 6.45) is -2.92. The van der Waals surface area contributed by atoms with Crippen molar-refractivity contribution < 1.29 is 120 Å². The van der Waals surface area contributed by atoms with E-state index in [0.717, 1.165) is 148 Å². The lowest BCUT2D eigenvalue weighted by Crippen LogP contribution is -2.49. The van der Waals surface area contributed by atoms with Crippen molar-refractivity contribution >= 4 is 66.8 Å². The van der Waals surface area contributed by atoms with Crippen molar-refractivity contribution in [2.75, 3.05) is 154 Å². The summed E-state index contributed by atoms with van der Waals surface area (Å²) in [6, 6.07) is 7.95. The number of sulfone groups is 4. The molecule has 0 spiro atoms. The molecule has 6 aliphatic heterocycles. The molecule has 0 aromatic rings. The molecule has 41 heteroatoms. The van der Waals surface area contributed by atoms with Gasteiger partial charge in [-0.1, -0.05) is 145 Å². The van der Waals surface area contributed by atoms with Crippen LogP contribution in [0.2, 0.25) is 0 Å². The monoisotopic (exact) mass is 2240 g/mol. The summed E-state index contributed by atoms with van der Waals surface area (Å²) in [5, 5.41) is 43.3. The number of alkyl halides is 9. The van der Waals surface area contributed by atoms with Crippen LogP contribution in [0.25, 0.3) is 0 Å². The number of amides is 1. The number of hydrogen-bond acceptors (Lipinski definition) is 25. The number of aliphatic hydroxyl groups excluding tert-OH is 2. The highest BCUT2D eigenvalue weighted by atomic mass is 32.2. The first-order valence-electron chi connectivity index (χ1n) is 52.8.